The van der Waals surface area contributed by atoms with Crippen LogP contribution in [0.1, 0.15) is 37.7 Å². The first kappa shape index (κ1) is 17.9. The second-order valence-corrected chi connectivity index (χ2v) is 6.94. The summed E-state index contributed by atoms with van der Waals surface area (Å²) in [6.07, 6.45) is 4.38. The van der Waals surface area contributed by atoms with E-state index in [9.17, 15) is 9.59 Å². The van der Waals surface area contributed by atoms with Crippen molar-refractivity contribution in [2.75, 3.05) is 18.5 Å². The van der Waals surface area contributed by atoms with Gasteiger partial charge in [0.05, 0.1) is 0 Å². The lowest BCUT2D eigenvalue weighted by molar-refractivity contribution is -0.126. The van der Waals surface area contributed by atoms with Crippen LogP contribution in [0.3, 0.4) is 0 Å². The molecule has 2 aliphatic rings. The highest BCUT2D eigenvalue weighted by Gasteiger charge is 2.31. The second kappa shape index (κ2) is 8.45. The van der Waals surface area contributed by atoms with Gasteiger partial charge in [-0.3, -0.25) is 9.59 Å². The number of rotatable bonds is 6. The number of anilines is 1. The van der Waals surface area contributed by atoms with Crippen molar-refractivity contribution < 1.29 is 14.3 Å². The number of nitrogens with one attached hydrogen (secondary N) is 2. The Hall–Kier alpha value is -1.92. The van der Waals surface area contributed by atoms with Gasteiger partial charge in [0.15, 0.2) is 0 Å². The molecule has 0 aromatic heterocycles. The molecule has 1 saturated carbocycles. The van der Waals surface area contributed by atoms with Crippen LogP contribution in [0, 0.1) is 11.8 Å². The first-order valence-corrected chi connectivity index (χ1v) is 9.16. The minimum absolute atomic E-state index is 0.0346. The van der Waals surface area contributed by atoms with E-state index in [-0.39, 0.29) is 23.8 Å². The molecule has 1 aliphatic heterocycles. The highest BCUT2D eigenvalue weighted by atomic mass is 16.5. The van der Waals surface area contributed by atoms with Crippen LogP contribution >= 0.6 is 0 Å². The van der Waals surface area contributed by atoms with E-state index in [1.807, 2.05) is 24.3 Å². The molecule has 2 amide bonds. The van der Waals surface area contributed by atoms with Gasteiger partial charge in [-0.15, -0.1) is 0 Å². The molecule has 1 aliphatic carbocycles. The second-order valence-electron chi connectivity index (χ2n) is 6.94. The topological polar surface area (TPSA) is 93.5 Å². The first-order valence-electron chi connectivity index (χ1n) is 9.16. The number of nitrogens with two attached hydrogens (primary N) is 1. The summed E-state index contributed by atoms with van der Waals surface area (Å²) in [5.41, 5.74) is 7.45. The quantitative estimate of drug-likeness (QED) is 0.733. The summed E-state index contributed by atoms with van der Waals surface area (Å²) in [6, 6.07) is 7.56. The third-order valence-electron chi connectivity index (χ3n) is 5.18. The minimum atomic E-state index is -0.348. The number of benzene rings is 1. The van der Waals surface area contributed by atoms with Gasteiger partial charge < -0.3 is 21.1 Å². The molecule has 0 spiro atoms. The summed E-state index contributed by atoms with van der Waals surface area (Å²) in [6.45, 7) is 1.67. The Morgan fingerprint density at radius 3 is 2.80 bits per heavy atom. The Kier molecular flexibility index (Phi) is 6.04. The maximum absolute atomic E-state index is 12.4. The normalized spacial score (nSPS) is 25.7. The highest BCUT2D eigenvalue weighted by molar-refractivity contribution is 5.94. The predicted octanol–water partition coefficient (Wildman–Crippen LogP) is 1.80. The number of amides is 2. The van der Waals surface area contributed by atoms with Crippen molar-refractivity contribution in [3.8, 4) is 0 Å². The van der Waals surface area contributed by atoms with Crippen molar-refractivity contribution in [1.82, 2.24) is 5.32 Å². The van der Waals surface area contributed by atoms with Crippen LogP contribution in [-0.4, -0.2) is 31.1 Å². The third-order valence-corrected chi connectivity index (χ3v) is 5.18. The number of hydrogen-bond acceptors (Lipinski definition) is 4. The number of hydrogen-bond donors (Lipinski definition) is 3. The Labute approximate surface area is 148 Å². The Balaban J connectivity index is 1.52. The van der Waals surface area contributed by atoms with Gasteiger partial charge in [-0.1, -0.05) is 18.6 Å². The lowest BCUT2D eigenvalue weighted by atomic mass is 9.95. The van der Waals surface area contributed by atoms with Gasteiger partial charge in [0, 0.05) is 24.8 Å². The van der Waals surface area contributed by atoms with Crippen molar-refractivity contribution in [2.45, 2.75) is 44.8 Å². The summed E-state index contributed by atoms with van der Waals surface area (Å²) >= 11 is 0. The van der Waals surface area contributed by atoms with Crippen molar-refractivity contribution >= 4 is 17.5 Å². The molecule has 1 unspecified atom stereocenters. The van der Waals surface area contributed by atoms with Gasteiger partial charge in [0.1, 0.15) is 6.10 Å². The van der Waals surface area contributed by atoms with Crippen molar-refractivity contribution in [1.29, 1.82) is 0 Å². The Morgan fingerprint density at radius 1 is 1.16 bits per heavy atom. The molecule has 1 saturated heterocycles. The monoisotopic (exact) mass is 345 g/mol. The van der Waals surface area contributed by atoms with Crippen LogP contribution in [0.4, 0.5) is 5.69 Å². The van der Waals surface area contributed by atoms with E-state index in [0.717, 1.165) is 43.4 Å². The van der Waals surface area contributed by atoms with Crippen LogP contribution in [0.15, 0.2) is 24.3 Å². The molecule has 1 aromatic carbocycles. The summed E-state index contributed by atoms with van der Waals surface area (Å²) in [4.78, 5) is 24.5. The minimum Gasteiger partial charge on any atom is -0.368 e. The van der Waals surface area contributed by atoms with Gasteiger partial charge in [0.25, 0.3) is 5.91 Å². The van der Waals surface area contributed by atoms with E-state index in [1.165, 1.54) is 0 Å². The molecule has 4 N–H and O–H groups in total. The maximum Gasteiger partial charge on any atom is 0.253 e. The summed E-state index contributed by atoms with van der Waals surface area (Å²) in [5.74, 6) is 0.321. The van der Waals surface area contributed by atoms with E-state index in [2.05, 4.69) is 10.6 Å². The highest BCUT2D eigenvalue weighted by Crippen LogP contribution is 2.31. The molecule has 1 heterocycles. The molecular formula is C19H27N3O3. The molecule has 3 rings (SSSR count). The van der Waals surface area contributed by atoms with Crippen LogP contribution in [0.25, 0.3) is 0 Å². The van der Waals surface area contributed by atoms with Gasteiger partial charge in [0.2, 0.25) is 5.91 Å². The summed E-state index contributed by atoms with van der Waals surface area (Å²) < 4.78 is 5.39. The molecule has 0 bridgehead atoms. The molecular weight excluding hydrogens is 318 g/mol. The number of ether oxygens (including phenoxy) is 1. The third kappa shape index (κ3) is 4.58. The standard InChI is InChI=1S/C19H27N3O3/c20-11-14-5-2-7-16(14)18(23)21-12-13-4-1-6-15(10-13)22-19(24)17-8-3-9-25-17/h1,4,6,10,14,16-17H,2-3,5,7-9,11-12,20H2,(H,21,23)(H,22,24)/t14-,16-,17?/m1/s1. The van der Waals surface area contributed by atoms with E-state index >= 15 is 0 Å². The zero-order chi connectivity index (χ0) is 17.6. The fourth-order valence-corrected chi connectivity index (χ4v) is 3.75. The molecule has 1 aromatic rings. The average Bonchev–Trinajstić information content (AvgIpc) is 3.31. The van der Waals surface area contributed by atoms with Crippen LogP contribution < -0.4 is 16.4 Å². The van der Waals surface area contributed by atoms with Gasteiger partial charge in [-0.2, -0.15) is 0 Å². The molecule has 25 heavy (non-hydrogen) atoms. The molecule has 3 atom stereocenters. The van der Waals surface area contributed by atoms with E-state index in [0.29, 0.717) is 25.6 Å². The Bertz CT molecular complexity index is 614. The van der Waals surface area contributed by atoms with E-state index in [1.54, 1.807) is 0 Å². The van der Waals surface area contributed by atoms with E-state index < -0.39 is 0 Å². The van der Waals surface area contributed by atoms with Gasteiger partial charge in [-0.05, 0) is 55.8 Å². The van der Waals surface area contributed by atoms with Crippen molar-refractivity contribution in [2.24, 2.45) is 17.6 Å². The molecule has 136 valence electrons. The van der Waals surface area contributed by atoms with E-state index in [4.69, 9.17) is 10.5 Å². The summed E-state index contributed by atoms with van der Waals surface area (Å²) in [5, 5.41) is 5.90. The van der Waals surface area contributed by atoms with Crippen molar-refractivity contribution in [3.63, 3.8) is 0 Å². The summed E-state index contributed by atoms with van der Waals surface area (Å²) in [7, 11) is 0. The van der Waals surface area contributed by atoms with Crippen molar-refractivity contribution in [3.05, 3.63) is 29.8 Å². The lowest BCUT2D eigenvalue weighted by Gasteiger charge is -2.17. The zero-order valence-electron chi connectivity index (χ0n) is 14.5. The number of carbonyl (C=O) groups is 2. The zero-order valence-corrected chi connectivity index (χ0v) is 14.5. The average molecular weight is 345 g/mol. The lowest BCUT2D eigenvalue weighted by Crippen LogP contribution is -2.34. The molecule has 6 nitrogen and oxygen atoms in total. The fourth-order valence-electron chi connectivity index (χ4n) is 3.75. The SMILES string of the molecule is NC[C@H]1CCC[C@H]1C(=O)NCc1cccc(NC(=O)C2CCCO2)c1. The molecule has 0 radical (unpaired) electrons. The van der Waals surface area contributed by atoms with Gasteiger partial charge in [-0.25, -0.2) is 0 Å². The molecule has 2 fully saturated rings. The smallest absolute Gasteiger partial charge is 0.253 e. The number of carbonyl (C=O) groups excluding carboxylic acids is 2. The van der Waals surface area contributed by atoms with Crippen LogP contribution in [0.5, 0.6) is 0 Å². The van der Waals surface area contributed by atoms with Gasteiger partial charge >= 0.3 is 0 Å². The fraction of sp³-hybridized carbons (Fsp3) is 0.579. The van der Waals surface area contributed by atoms with Crippen LogP contribution in [0.2, 0.25) is 0 Å². The van der Waals surface area contributed by atoms with Crippen LogP contribution in [-0.2, 0) is 20.9 Å². The molecule has 6 heteroatoms. The predicted molar refractivity (Wildman–Crippen MR) is 95.8 cm³/mol. The maximum atomic E-state index is 12.4. The Morgan fingerprint density at radius 2 is 2.04 bits per heavy atom. The largest absolute Gasteiger partial charge is 0.368 e. The first-order chi connectivity index (χ1) is 12.2.